The van der Waals surface area contributed by atoms with Crippen molar-refractivity contribution < 1.29 is 0 Å². The minimum Gasteiger partial charge on any atom is -0.383 e. The van der Waals surface area contributed by atoms with Crippen molar-refractivity contribution in [1.29, 1.82) is 0 Å². The summed E-state index contributed by atoms with van der Waals surface area (Å²) in [5.74, 6) is 2.57. The van der Waals surface area contributed by atoms with Crippen LogP contribution in [-0.4, -0.2) is 22.6 Å². The van der Waals surface area contributed by atoms with Crippen molar-refractivity contribution >= 4 is 11.6 Å². The number of anilines is 2. The fourth-order valence-electron chi connectivity index (χ4n) is 2.89. The largest absolute Gasteiger partial charge is 0.383 e. The summed E-state index contributed by atoms with van der Waals surface area (Å²) in [6, 6.07) is 0.597. The highest BCUT2D eigenvalue weighted by Crippen LogP contribution is 2.29. The first kappa shape index (κ1) is 14.1. The summed E-state index contributed by atoms with van der Waals surface area (Å²) in [5.41, 5.74) is 7.09. The van der Waals surface area contributed by atoms with Crippen LogP contribution in [0.3, 0.4) is 0 Å². The molecule has 0 aromatic carbocycles. The van der Waals surface area contributed by atoms with Crippen molar-refractivity contribution in [2.75, 3.05) is 17.2 Å². The van der Waals surface area contributed by atoms with E-state index in [1.807, 2.05) is 6.92 Å². The van der Waals surface area contributed by atoms with Crippen LogP contribution in [0.15, 0.2) is 0 Å². The highest BCUT2D eigenvalue weighted by atomic mass is 15.2. The van der Waals surface area contributed by atoms with E-state index in [-0.39, 0.29) is 0 Å². The number of hydrogen-bond donors (Lipinski definition) is 1. The SMILES string of the molecule is CCc1nc(N)c(C)c(N2CCCCCC2CC)n1. The maximum absolute atomic E-state index is 6.05. The Morgan fingerprint density at radius 1 is 1.21 bits per heavy atom. The molecule has 1 aliphatic rings. The van der Waals surface area contributed by atoms with Gasteiger partial charge < -0.3 is 10.6 Å². The number of nitrogens with zero attached hydrogens (tertiary/aromatic N) is 3. The monoisotopic (exact) mass is 262 g/mol. The van der Waals surface area contributed by atoms with Gasteiger partial charge in [0, 0.05) is 24.6 Å². The Morgan fingerprint density at radius 2 is 2.00 bits per heavy atom. The number of rotatable bonds is 3. The van der Waals surface area contributed by atoms with E-state index in [2.05, 4.69) is 23.7 Å². The van der Waals surface area contributed by atoms with Crippen molar-refractivity contribution in [3.63, 3.8) is 0 Å². The van der Waals surface area contributed by atoms with Gasteiger partial charge in [-0.05, 0) is 26.2 Å². The summed E-state index contributed by atoms with van der Waals surface area (Å²) in [4.78, 5) is 11.6. The van der Waals surface area contributed by atoms with E-state index in [4.69, 9.17) is 10.7 Å². The van der Waals surface area contributed by atoms with Gasteiger partial charge in [-0.3, -0.25) is 0 Å². The molecule has 2 rings (SSSR count). The van der Waals surface area contributed by atoms with Crippen LogP contribution in [0.4, 0.5) is 11.6 Å². The van der Waals surface area contributed by atoms with Gasteiger partial charge in [0.25, 0.3) is 0 Å². The van der Waals surface area contributed by atoms with Crippen LogP contribution in [0.25, 0.3) is 0 Å². The van der Waals surface area contributed by atoms with Crippen molar-refractivity contribution in [1.82, 2.24) is 9.97 Å². The van der Waals surface area contributed by atoms with Gasteiger partial charge in [-0.25, -0.2) is 9.97 Å². The summed E-state index contributed by atoms with van der Waals surface area (Å²) >= 11 is 0. The maximum atomic E-state index is 6.05. The Hall–Kier alpha value is -1.32. The van der Waals surface area contributed by atoms with Crippen LogP contribution in [0.2, 0.25) is 0 Å². The molecule has 1 saturated heterocycles. The molecule has 4 heteroatoms. The first-order chi connectivity index (χ1) is 9.17. The Kier molecular flexibility index (Phi) is 4.61. The number of hydrogen-bond acceptors (Lipinski definition) is 4. The lowest BCUT2D eigenvalue weighted by Gasteiger charge is -2.32. The summed E-state index contributed by atoms with van der Waals surface area (Å²) in [6.07, 6.45) is 7.18. The lowest BCUT2D eigenvalue weighted by Crippen LogP contribution is -2.36. The third-order valence-electron chi connectivity index (χ3n) is 4.14. The molecule has 0 radical (unpaired) electrons. The molecule has 1 fully saturated rings. The zero-order chi connectivity index (χ0) is 13.8. The third-order valence-corrected chi connectivity index (χ3v) is 4.14. The molecule has 0 aliphatic carbocycles. The molecule has 2 N–H and O–H groups in total. The molecular weight excluding hydrogens is 236 g/mol. The summed E-state index contributed by atoms with van der Waals surface area (Å²) in [7, 11) is 0. The van der Waals surface area contributed by atoms with Gasteiger partial charge in [0.1, 0.15) is 17.5 Å². The van der Waals surface area contributed by atoms with Gasteiger partial charge in [-0.2, -0.15) is 0 Å². The minimum absolute atomic E-state index is 0.597. The minimum atomic E-state index is 0.597. The predicted molar refractivity (Wildman–Crippen MR) is 80.5 cm³/mol. The molecule has 1 atom stereocenters. The van der Waals surface area contributed by atoms with Crippen LogP contribution in [0.1, 0.15) is 57.3 Å². The average molecular weight is 262 g/mol. The van der Waals surface area contributed by atoms with Gasteiger partial charge in [-0.15, -0.1) is 0 Å². The molecule has 106 valence electrons. The molecule has 0 spiro atoms. The molecule has 1 aromatic rings. The second-order valence-electron chi connectivity index (χ2n) is 5.43. The molecule has 2 heterocycles. The second-order valence-corrected chi connectivity index (χ2v) is 5.43. The first-order valence-corrected chi connectivity index (χ1v) is 7.57. The molecular formula is C15H26N4. The fraction of sp³-hybridized carbons (Fsp3) is 0.733. The Labute approximate surface area is 116 Å². The highest BCUT2D eigenvalue weighted by Gasteiger charge is 2.23. The summed E-state index contributed by atoms with van der Waals surface area (Å²) in [5, 5.41) is 0. The standard InChI is InChI=1S/C15H26N4/c1-4-12-9-7-6-8-10-19(12)15-11(3)14(16)17-13(5-2)18-15/h12H,4-10H2,1-3H3,(H2,16,17,18). The van der Waals surface area contributed by atoms with E-state index >= 15 is 0 Å². The van der Waals surface area contributed by atoms with Crippen molar-refractivity contribution in [3.05, 3.63) is 11.4 Å². The van der Waals surface area contributed by atoms with Crippen LogP contribution >= 0.6 is 0 Å². The molecule has 0 amide bonds. The zero-order valence-corrected chi connectivity index (χ0v) is 12.4. The van der Waals surface area contributed by atoms with Crippen LogP contribution in [0, 0.1) is 6.92 Å². The number of nitrogens with two attached hydrogens (primary N) is 1. The smallest absolute Gasteiger partial charge is 0.137 e. The van der Waals surface area contributed by atoms with Crippen LogP contribution in [0.5, 0.6) is 0 Å². The Balaban J connectivity index is 2.39. The zero-order valence-electron chi connectivity index (χ0n) is 12.4. The van der Waals surface area contributed by atoms with Gasteiger partial charge in [0.05, 0.1) is 0 Å². The first-order valence-electron chi connectivity index (χ1n) is 7.57. The fourth-order valence-corrected chi connectivity index (χ4v) is 2.89. The number of nitrogen functional groups attached to an aromatic ring is 1. The van der Waals surface area contributed by atoms with Gasteiger partial charge in [0.15, 0.2) is 0 Å². The topological polar surface area (TPSA) is 55.0 Å². The van der Waals surface area contributed by atoms with E-state index in [9.17, 15) is 0 Å². The molecule has 4 nitrogen and oxygen atoms in total. The molecule has 1 aromatic heterocycles. The number of aryl methyl sites for hydroxylation is 1. The lowest BCUT2D eigenvalue weighted by molar-refractivity contribution is 0.550. The quantitative estimate of drug-likeness (QED) is 0.909. The van der Waals surface area contributed by atoms with Crippen molar-refractivity contribution in [3.8, 4) is 0 Å². The number of aromatic nitrogens is 2. The van der Waals surface area contributed by atoms with Crippen molar-refractivity contribution in [2.24, 2.45) is 0 Å². The molecule has 0 bridgehead atoms. The predicted octanol–water partition coefficient (Wildman–Crippen LogP) is 3.09. The maximum Gasteiger partial charge on any atom is 0.137 e. The van der Waals surface area contributed by atoms with Crippen LogP contribution < -0.4 is 10.6 Å². The van der Waals surface area contributed by atoms with Gasteiger partial charge in [-0.1, -0.05) is 26.7 Å². The Morgan fingerprint density at radius 3 is 2.68 bits per heavy atom. The Bertz CT molecular complexity index is 430. The van der Waals surface area contributed by atoms with Gasteiger partial charge >= 0.3 is 0 Å². The van der Waals surface area contributed by atoms with E-state index in [1.165, 1.54) is 32.1 Å². The summed E-state index contributed by atoms with van der Waals surface area (Å²) < 4.78 is 0. The summed E-state index contributed by atoms with van der Waals surface area (Å²) in [6.45, 7) is 7.48. The van der Waals surface area contributed by atoms with E-state index < -0.39 is 0 Å². The molecule has 0 saturated carbocycles. The molecule has 19 heavy (non-hydrogen) atoms. The molecule has 1 unspecified atom stereocenters. The third kappa shape index (κ3) is 2.99. The second kappa shape index (κ2) is 6.22. The average Bonchev–Trinajstić information content (AvgIpc) is 2.66. The van der Waals surface area contributed by atoms with Crippen molar-refractivity contribution in [2.45, 2.75) is 65.3 Å². The van der Waals surface area contributed by atoms with E-state index in [1.54, 1.807) is 0 Å². The van der Waals surface area contributed by atoms with E-state index in [0.29, 0.717) is 11.9 Å². The van der Waals surface area contributed by atoms with E-state index in [0.717, 1.165) is 30.2 Å². The molecule has 1 aliphatic heterocycles. The van der Waals surface area contributed by atoms with Crippen LogP contribution in [-0.2, 0) is 6.42 Å². The highest BCUT2D eigenvalue weighted by molar-refractivity contribution is 5.57. The lowest BCUT2D eigenvalue weighted by atomic mass is 10.1. The normalized spacial score (nSPS) is 20.4. The van der Waals surface area contributed by atoms with Gasteiger partial charge in [0.2, 0.25) is 0 Å².